The summed E-state index contributed by atoms with van der Waals surface area (Å²) in [4.78, 5) is 30.5. The second kappa shape index (κ2) is 9.75. The first-order valence-corrected chi connectivity index (χ1v) is 13.4. The van der Waals surface area contributed by atoms with Gasteiger partial charge in [0.15, 0.2) is 17.4 Å². The minimum Gasteiger partial charge on any atom is -0.616 e. The molecule has 2 N–H and O–H groups in total. The van der Waals surface area contributed by atoms with Gasteiger partial charge in [-0.15, -0.1) is 0 Å². The predicted molar refractivity (Wildman–Crippen MR) is 133 cm³/mol. The van der Waals surface area contributed by atoms with E-state index in [2.05, 4.69) is 20.7 Å². The summed E-state index contributed by atoms with van der Waals surface area (Å²) in [5.41, 5.74) is 2.72. The van der Waals surface area contributed by atoms with Gasteiger partial charge in [-0.05, 0) is 65.8 Å². The number of carbonyl (C=O) groups is 2. The maximum atomic E-state index is 13.5. The first-order chi connectivity index (χ1) is 17.6. The van der Waals surface area contributed by atoms with Crippen molar-refractivity contribution >= 4 is 28.8 Å². The quantitative estimate of drug-likeness (QED) is 0.454. The third kappa shape index (κ3) is 4.90. The summed E-state index contributed by atoms with van der Waals surface area (Å²) in [6, 6.07) is 8.74. The molecule has 1 aliphatic heterocycles. The minimum atomic E-state index is -2.57. The van der Waals surface area contributed by atoms with E-state index in [-0.39, 0.29) is 17.1 Å². The van der Waals surface area contributed by atoms with Gasteiger partial charge in [0, 0.05) is 12.6 Å². The van der Waals surface area contributed by atoms with E-state index in [0.717, 1.165) is 16.7 Å². The summed E-state index contributed by atoms with van der Waals surface area (Å²) in [6.45, 7) is 1.21. The van der Waals surface area contributed by atoms with E-state index in [4.69, 9.17) is 4.74 Å². The van der Waals surface area contributed by atoms with Crippen molar-refractivity contribution in [2.75, 3.05) is 23.9 Å². The summed E-state index contributed by atoms with van der Waals surface area (Å²) < 4.78 is 43.3. The molecule has 1 aromatic carbocycles. The molecule has 37 heavy (non-hydrogen) atoms. The number of benzene rings is 1. The molecule has 3 heterocycles. The molecule has 0 saturated carbocycles. The number of pyridine rings is 1. The third-order valence-electron chi connectivity index (χ3n) is 6.50. The van der Waals surface area contributed by atoms with Crippen LogP contribution in [0.15, 0.2) is 36.5 Å². The predicted octanol–water partition coefficient (Wildman–Crippen LogP) is 2.66. The first-order valence-electron chi connectivity index (χ1n) is 11.7. The molecule has 1 aliphatic carbocycles. The first kappa shape index (κ1) is 25.2. The Hall–Kier alpha value is -3.51. The number of hydrogen-bond acceptors (Lipinski definition) is 6. The lowest BCUT2D eigenvalue weighted by Crippen LogP contribution is -2.49. The monoisotopic (exact) mass is 529 g/mol. The number of aryl methyl sites for hydroxylation is 2. The Kier molecular flexibility index (Phi) is 6.63. The Morgan fingerprint density at radius 2 is 2.16 bits per heavy atom. The van der Waals surface area contributed by atoms with Gasteiger partial charge in [0.25, 0.3) is 18.2 Å². The molecule has 0 radical (unpaired) electrons. The molecule has 5 rings (SSSR count). The van der Waals surface area contributed by atoms with Gasteiger partial charge in [-0.25, -0.2) is 13.8 Å². The number of hydrogen-bond donors (Lipinski definition) is 2. The average Bonchev–Trinajstić information content (AvgIpc) is 3.36. The molecular formula is C25H25F2N5O4S. The lowest BCUT2D eigenvalue weighted by molar-refractivity contribution is -0.113. The molecule has 2 amide bonds. The average molecular weight is 530 g/mol. The lowest BCUT2D eigenvalue weighted by atomic mass is 9.82. The Morgan fingerprint density at radius 1 is 1.35 bits per heavy atom. The standard InChI is InChI=1S/C25H25F2N5O4S/c1-14-3-6-20(28-11-14)32-23(29-21(33)13-37(2)35)22-18(31-32)10-25(30-24(22)34)8-7-15-9-16(4-5-17(15)25)36-12-19(26)27/h3-6,9,11,19H,7-8,10,12-13H2,1-2H3,(H,29,33)(H,30,34)/t25-,37?/m0/s1. The van der Waals surface area contributed by atoms with Crippen molar-refractivity contribution in [3.8, 4) is 11.6 Å². The van der Waals surface area contributed by atoms with E-state index >= 15 is 0 Å². The number of amides is 2. The highest BCUT2D eigenvalue weighted by atomic mass is 32.2. The number of anilines is 1. The van der Waals surface area contributed by atoms with Crippen LogP contribution in [-0.2, 0) is 34.4 Å². The van der Waals surface area contributed by atoms with Crippen LogP contribution >= 0.6 is 0 Å². The fourth-order valence-electron chi connectivity index (χ4n) is 4.94. The minimum absolute atomic E-state index is 0.170. The highest BCUT2D eigenvalue weighted by Crippen LogP contribution is 2.44. The van der Waals surface area contributed by atoms with Gasteiger partial charge in [0.1, 0.15) is 17.9 Å². The number of rotatable bonds is 7. The number of alkyl halides is 2. The van der Waals surface area contributed by atoms with Crippen molar-refractivity contribution in [3.63, 3.8) is 0 Å². The second-order valence-corrected chi connectivity index (χ2v) is 10.7. The number of nitrogens with zero attached hydrogens (tertiary/aromatic N) is 3. The van der Waals surface area contributed by atoms with Gasteiger partial charge in [0.05, 0.1) is 17.5 Å². The van der Waals surface area contributed by atoms with Crippen LogP contribution in [0, 0.1) is 6.92 Å². The van der Waals surface area contributed by atoms with Gasteiger partial charge < -0.3 is 19.9 Å². The molecule has 0 saturated heterocycles. The number of nitrogens with one attached hydrogen (secondary N) is 2. The van der Waals surface area contributed by atoms with Crippen LogP contribution in [0.4, 0.5) is 14.6 Å². The molecule has 0 bridgehead atoms. The zero-order valence-electron chi connectivity index (χ0n) is 20.2. The zero-order chi connectivity index (χ0) is 26.3. The number of aromatic nitrogens is 3. The van der Waals surface area contributed by atoms with Crippen molar-refractivity contribution in [2.24, 2.45) is 0 Å². The van der Waals surface area contributed by atoms with E-state index in [1.807, 2.05) is 13.0 Å². The SMILES string of the molecule is Cc1ccc(-n2nc3c(c2NC(=O)C[S+](C)[O-])C(=O)N[C@@]2(CCc4cc(OCC(F)F)ccc42)C3)nc1. The number of ether oxygens (including phenoxy) is 1. The summed E-state index contributed by atoms with van der Waals surface area (Å²) >= 11 is -1.37. The number of carbonyl (C=O) groups excluding carboxylic acids is 2. The normalized spacial score (nSPS) is 18.9. The van der Waals surface area contributed by atoms with Crippen molar-refractivity contribution in [2.45, 2.75) is 38.2 Å². The van der Waals surface area contributed by atoms with Gasteiger partial charge in [-0.2, -0.15) is 9.78 Å². The molecule has 12 heteroatoms. The fourth-order valence-corrected chi connectivity index (χ4v) is 5.39. The van der Waals surface area contributed by atoms with Crippen molar-refractivity contribution < 1.29 is 27.7 Å². The van der Waals surface area contributed by atoms with Crippen LogP contribution < -0.4 is 15.4 Å². The Bertz CT molecular complexity index is 1360. The molecule has 1 unspecified atom stereocenters. The van der Waals surface area contributed by atoms with Gasteiger partial charge in [-0.3, -0.25) is 9.59 Å². The van der Waals surface area contributed by atoms with Crippen LogP contribution in [0.5, 0.6) is 5.75 Å². The molecular weight excluding hydrogens is 504 g/mol. The highest BCUT2D eigenvalue weighted by molar-refractivity contribution is 7.91. The van der Waals surface area contributed by atoms with Crippen molar-refractivity contribution in [3.05, 3.63) is 64.5 Å². The van der Waals surface area contributed by atoms with E-state index < -0.39 is 41.6 Å². The molecule has 3 aromatic rings. The van der Waals surface area contributed by atoms with Crippen LogP contribution in [-0.4, -0.2) is 56.2 Å². The fraction of sp³-hybridized carbons (Fsp3) is 0.360. The smallest absolute Gasteiger partial charge is 0.275 e. The summed E-state index contributed by atoms with van der Waals surface area (Å²) in [5, 5.41) is 10.5. The van der Waals surface area contributed by atoms with E-state index in [0.29, 0.717) is 36.5 Å². The Labute approximate surface area is 214 Å². The second-order valence-electron chi connectivity index (χ2n) is 9.28. The highest BCUT2D eigenvalue weighted by Gasteiger charge is 2.47. The van der Waals surface area contributed by atoms with E-state index in [1.165, 1.54) is 10.9 Å². The van der Waals surface area contributed by atoms with Crippen LogP contribution in [0.3, 0.4) is 0 Å². The lowest BCUT2D eigenvalue weighted by Gasteiger charge is -2.35. The maximum absolute atomic E-state index is 13.5. The summed E-state index contributed by atoms with van der Waals surface area (Å²) in [7, 11) is 0. The maximum Gasteiger partial charge on any atom is 0.275 e. The summed E-state index contributed by atoms with van der Waals surface area (Å²) in [5.74, 6) is -0.195. The molecule has 1 spiro atoms. The van der Waals surface area contributed by atoms with E-state index in [9.17, 15) is 22.9 Å². The number of fused-ring (bicyclic) bond motifs is 3. The molecule has 0 fully saturated rings. The number of halogens is 2. The van der Waals surface area contributed by atoms with Crippen molar-refractivity contribution in [1.29, 1.82) is 0 Å². The zero-order valence-corrected chi connectivity index (χ0v) is 21.0. The Balaban J connectivity index is 1.52. The van der Waals surface area contributed by atoms with Gasteiger partial charge >= 0.3 is 0 Å². The van der Waals surface area contributed by atoms with Gasteiger partial charge in [-0.1, -0.05) is 12.1 Å². The molecule has 2 aromatic heterocycles. The third-order valence-corrected chi connectivity index (χ3v) is 7.17. The van der Waals surface area contributed by atoms with Gasteiger partial charge in [0.2, 0.25) is 0 Å². The van der Waals surface area contributed by atoms with E-state index in [1.54, 1.807) is 30.5 Å². The largest absolute Gasteiger partial charge is 0.616 e. The Morgan fingerprint density at radius 3 is 2.86 bits per heavy atom. The van der Waals surface area contributed by atoms with Crippen molar-refractivity contribution in [1.82, 2.24) is 20.1 Å². The van der Waals surface area contributed by atoms with Crippen LogP contribution in [0.1, 0.15) is 39.2 Å². The molecule has 194 valence electrons. The molecule has 2 aliphatic rings. The van der Waals surface area contributed by atoms with Crippen LogP contribution in [0.25, 0.3) is 5.82 Å². The summed E-state index contributed by atoms with van der Waals surface area (Å²) in [6.07, 6.45) is 2.10. The molecule has 2 atom stereocenters. The van der Waals surface area contributed by atoms with Crippen LogP contribution in [0.2, 0.25) is 0 Å². The molecule has 9 nitrogen and oxygen atoms in total. The topological polar surface area (TPSA) is 121 Å².